The van der Waals surface area contributed by atoms with Crippen LogP contribution in [0.5, 0.6) is 0 Å². The predicted molar refractivity (Wildman–Crippen MR) is 111 cm³/mol. The van der Waals surface area contributed by atoms with E-state index in [1.165, 1.54) is 11.3 Å². The van der Waals surface area contributed by atoms with Gasteiger partial charge in [0.1, 0.15) is 12.1 Å². The number of nitrogens with zero attached hydrogens (tertiary/aromatic N) is 2. The molecule has 2 fully saturated rings. The van der Waals surface area contributed by atoms with Crippen LogP contribution in [0.4, 0.5) is 9.93 Å². The summed E-state index contributed by atoms with van der Waals surface area (Å²) >= 11 is 1.35. The number of anilines is 1. The molecule has 1 aromatic carbocycles. The van der Waals surface area contributed by atoms with Crippen molar-refractivity contribution >= 4 is 34.3 Å². The minimum absolute atomic E-state index is 0.281. The highest BCUT2D eigenvalue weighted by molar-refractivity contribution is 7.19. The third kappa shape index (κ3) is 3.89. The van der Waals surface area contributed by atoms with Crippen LogP contribution in [0.25, 0.3) is 10.4 Å². The maximum Gasteiger partial charge on any atom is 0.325 e. The molecule has 1 aromatic heterocycles. The minimum Gasteiger partial charge on any atom is -0.323 e. The van der Waals surface area contributed by atoms with Crippen molar-refractivity contribution in [2.75, 3.05) is 11.9 Å². The van der Waals surface area contributed by atoms with Crippen LogP contribution in [0, 0.1) is 5.92 Å². The Labute approximate surface area is 173 Å². The van der Waals surface area contributed by atoms with Gasteiger partial charge in [-0.2, -0.15) is 0 Å². The molecule has 4 amide bonds. The third-order valence-electron chi connectivity index (χ3n) is 5.89. The highest BCUT2D eigenvalue weighted by atomic mass is 32.1. The Hall–Kier alpha value is -2.74. The molecule has 1 saturated heterocycles. The van der Waals surface area contributed by atoms with Gasteiger partial charge in [0.25, 0.3) is 5.91 Å². The Kier molecular flexibility index (Phi) is 5.36. The molecule has 152 valence electrons. The van der Waals surface area contributed by atoms with Gasteiger partial charge in [-0.1, -0.05) is 55.0 Å². The van der Waals surface area contributed by atoms with Crippen molar-refractivity contribution in [3.63, 3.8) is 0 Å². The Morgan fingerprint density at radius 3 is 2.69 bits per heavy atom. The molecule has 1 aliphatic carbocycles. The standard InChI is InChI=1S/C21H24N4O3S/c1-2-14-8-10-21(11-9-14)18(27)25(20(28)24-21)13-17(26)23-19-22-12-16(29-19)15-6-4-3-5-7-15/h3-7,12,14H,2,8-11,13H2,1H3,(H,24,28)(H,22,23,26). The largest absolute Gasteiger partial charge is 0.325 e. The van der Waals surface area contributed by atoms with Gasteiger partial charge in [-0.3, -0.25) is 14.5 Å². The SMILES string of the molecule is CCC1CCC2(CC1)NC(=O)N(CC(=O)Nc1ncc(-c3ccccc3)s1)C2=O. The van der Waals surface area contributed by atoms with Crippen LogP contribution in [0.1, 0.15) is 39.0 Å². The maximum absolute atomic E-state index is 12.9. The van der Waals surface area contributed by atoms with Crippen LogP contribution in [0.3, 0.4) is 0 Å². The minimum atomic E-state index is -0.829. The van der Waals surface area contributed by atoms with Gasteiger partial charge in [-0.25, -0.2) is 9.78 Å². The smallest absolute Gasteiger partial charge is 0.323 e. The van der Waals surface area contributed by atoms with Crippen LogP contribution in [0.15, 0.2) is 36.5 Å². The van der Waals surface area contributed by atoms with E-state index >= 15 is 0 Å². The summed E-state index contributed by atoms with van der Waals surface area (Å²) < 4.78 is 0. The van der Waals surface area contributed by atoms with Crippen molar-refractivity contribution in [3.8, 4) is 10.4 Å². The first-order chi connectivity index (χ1) is 14.0. The van der Waals surface area contributed by atoms with Gasteiger partial charge >= 0.3 is 6.03 Å². The average Bonchev–Trinajstić information content (AvgIpc) is 3.28. The third-order valence-corrected chi connectivity index (χ3v) is 6.86. The van der Waals surface area contributed by atoms with E-state index in [2.05, 4.69) is 22.5 Å². The summed E-state index contributed by atoms with van der Waals surface area (Å²) in [5.41, 5.74) is 0.189. The summed E-state index contributed by atoms with van der Waals surface area (Å²) in [7, 11) is 0. The normalized spacial score (nSPS) is 24.0. The quantitative estimate of drug-likeness (QED) is 0.734. The monoisotopic (exact) mass is 412 g/mol. The summed E-state index contributed by atoms with van der Waals surface area (Å²) in [5.74, 6) is -0.107. The zero-order chi connectivity index (χ0) is 20.4. The number of rotatable bonds is 5. The molecule has 1 saturated carbocycles. The fourth-order valence-electron chi connectivity index (χ4n) is 4.11. The fraction of sp³-hybridized carbons (Fsp3) is 0.429. The van der Waals surface area contributed by atoms with Gasteiger partial charge in [0.15, 0.2) is 5.13 Å². The number of carbonyl (C=O) groups excluding carboxylic acids is 3. The zero-order valence-corrected chi connectivity index (χ0v) is 17.1. The molecular formula is C21H24N4O3S. The molecule has 2 heterocycles. The number of urea groups is 1. The van der Waals surface area contributed by atoms with Crippen molar-refractivity contribution in [1.82, 2.24) is 15.2 Å². The number of amides is 4. The Morgan fingerprint density at radius 1 is 1.28 bits per heavy atom. The molecule has 29 heavy (non-hydrogen) atoms. The van der Waals surface area contributed by atoms with E-state index in [4.69, 9.17) is 0 Å². The second-order valence-electron chi connectivity index (χ2n) is 7.70. The molecule has 0 atom stereocenters. The van der Waals surface area contributed by atoms with Gasteiger partial charge in [-0.05, 0) is 37.2 Å². The molecule has 1 spiro atoms. The van der Waals surface area contributed by atoms with Crippen LogP contribution in [0.2, 0.25) is 0 Å². The highest BCUT2D eigenvalue weighted by Gasteiger charge is 2.52. The molecule has 8 heteroatoms. The number of aromatic nitrogens is 1. The summed E-state index contributed by atoms with van der Waals surface area (Å²) in [6.07, 6.45) is 5.91. The van der Waals surface area contributed by atoms with Gasteiger partial charge < -0.3 is 10.6 Å². The topological polar surface area (TPSA) is 91.4 Å². The fourth-order valence-corrected chi connectivity index (χ4v) is 4.95. The number of thiazole rings is 1. The van der Waals surface area contributed by atoms with Gasteiger partial charge in [0.05, 0.1) is 4.88 Å². The summed E-state index contributed by atoms with van der Waals surface area (Å²) in [6.45, 7) is 1.85. The van der Waals surface area contributed by atoms with E-state index < -0.39 is 17.5 Å². The second-order valence-corrected chi connectivity index (χ2v) is 8.73. The van der Waals surface area contributed by atoms with Gasteiger partial charge in [-0.15, -0.1) is 0 Å². The molecule has 2 N–H and O–H groups in total. The average molecular weight is 413 g/mol. The number of imide groups is 1. The van der Waals surface area contributed by atoms with Gasteiger partial charge in [0.2, 0.25) is 5.91 Å². The number of nitrogens with one attached hydrogen (secondary N) is 2. The maximum atomic E-state index is 12.9. The first-order valence-corrected chi connectivity index (χ1v) is 10.8. The van der Waals surface area contributed by atoms with Crippen molar-refractivity contribution in [2.45, 2.75) is 44.6 Å². The van der Waals surface area contributed by atoms with Crippen molar-refractivity contribution in [2.24, 2.45) is 5.92 Å². The summed E-state index contributed by atoms with van der Waals surface area (Å²) in [5, 5.41) is 6.00. The van der Waals surface area contributed by atoms with Crippen molar-refractivity contribution < 1.29 is 14.4 Å². The van der Waals surface area contributed by atoms with E-state index in [0.717, 1.165) is 34.6 Å². The van der Waals surface area contributed by atoms with Crippen LogP contribution >= 0.6 is 11.3 Å². The molecule has 0 radical (unpaired) electrons. The highest BCUT2D eigenvalue weighted by Crippen LogP contribution is 2.37. The Balaban J connectivity index is 1.38. The lowest BCUT2D eigenvalue weighted by molar-refractivity contribution is -0.135. The molecule has 2 aliphatic rings. The summed E-state index contributed by atoms with van der Waals surface area (Å²) in [4.78, 5) is 44.0. The van der Waals surface area contributed by atoms with E-state index in [1.807, 2.05) is 30.3 Å². The zero-order valence-electron chi connectivity index (χ0n) is 16.3. The van der Waals surface area contributed by atoms with E-state index in [1.54, 1.807) is 6.20 Å². The predicted octanol–water partition coefficient (Wildman–Crippen LogP) is 3.64. The number of benzene rings is 1. The molecule has 4 rings (SSSR count). The molecule has 7 nitrogen and oxygen atoms in total. The van der Waals surface area contributed by atoms with Crippen LogP contribution in [-0.2, 0) is 9.59 Å². The molecule has 2 aromatic rings. The second kappa shape index (κ2) is 7.94. The molecule has 0 unspecified atom stereocenters. The van der Waals surface area contributed by atoms with Gasteiger partial charge in [0, 0.05) is 6.20 Å². The first-order valence-electron chi connectivity index (χ1n) is 9.96. The summed E-state index contributed by atoms with van der Waals surface area (Å²) in [6, 6.07) is 9.28. The number of hydrogen-bond acceptors (Lipinski definition) is 5. The molecular weight excluding hydrogens is 388 g/mol. The van der Waals surface area contributed by atoms with Crippen LogP contribution in [-0.4, -0.2) is 39.8 Å². The van der Waals surface area contributed by atoms with E-state index in [0.29, 0.717) is 23.9 Å². The Bertz CT molecular complexity index is 919. The lowest BCUT2D eigenvalue weighted by Crippen LogP contribution is -2.49. The van der Waals surface area contributed by atoms with E-state index in [-0.39, 0.29) is 12.5 Å². The molecule has 0 bridgehead atoms. The molecule has 1 aliphatic heterocycles. The van der Waals surface area contributed by atoms with Crippen molar-refractivity contribution in [3.05, 3.63) is 36.5 Å². The Morgan fingerprint density at radius 2 is 2.00 bits per heavy atom. The van der Waals surface area contributed by atoms with E-state index in [9.17, 15) is 14.4 Å². The number of hydrogen-bond donors (Lipinski definition) is 2. The van der Waals surface area contributed by atoms with Crippen LogP contribution < -0.4 is 10.6 Å². The lowest BCUT2D eigenvalue weighted by atomic mass is 9.75. The van der Waals surface area contributed by atoms with Crippen molar-refractivity contribution in [1.29, 1.82) is 0 Å². The lowest BCUT2D eigenvalue weighted by Gasteiger charge is -2.34. The first kappa shape index (κ1) is 19.6. The number of carbonyl (C=O) groups is 3.